The van der Waals surface area contributed by atoms with E-state index in [0.717, 1.165) is 29.3 Å². The van der Waals surface area contributed by atoms with Crippen molar-refractivity contribution in [3.63, 3.8) is 0 Å². The summed E-state index contributed by atoms with van der Waals surface area (Å²) >= 11 is 0. The number of carboxylic acid groups (broad SMARTS) is 1. The molecule has 0 spiro atoms. The molecule has 0 saturated carbocycles. The van der Waals surface area contributed by atoms with Crippen molar-refractivity contribution in [2.75, 3.05) is 19.8 Å². The summed E-state index contributed by atoms with van der Waals surface area (Å²) in [7, 11) is 0. The number of amides is 1. The van der Waals surface area contributed by atoms with E-state index in [1.807, 2.05) is 24.3 Å². The average Bonchev–Trinajstić information content (AvgIpc) is 3.05. The van der Waals surface area contributed by atoms with Crippen LogP contribution < -0.4 is 5.32 Å². The number of aromatic amines is 1. The third-order valence-corrected chi connectivity index (χ3v) is 4.58. The van der Waals surface area contributed by atoms with E-state index in [4.69, 9.17) is 9.47 Å². The molecule has 140 valence electrons. The van der Waals surface area contributed by atoms with Gasteiger partial charge in [-0.1, -0.05) is 18.2 Å². The van der Waals surface area contributed by atoms with Crippen molar-refractivity contribution in [3.05, 3.63) is 36.0 Å². The van der Waals surface area contributed by atoms with E-state index >= 15 is 0 Å². The first kappa shape index (κ1) is 18.4. The average molecular weight is 360 g/mol. The third-order valence-electron chi connectivity index (χ3n) is 4.58. The van der Waals surface area contributed by atoms with E-state index in [1.165, 1.54) is 0 Å². The Morgan fingerprint density at radius 1 is 1.31 bits per heavy atom. The predicted molar refractivity (Wildman–Crippen MR) is 96.0 cm³/mol. The summed E-state index contributed by atoms with van der Waals surface area (Å²) in [4.78, 5) is 26.8. The van der Waals surface area contributed by atoms with Crippen LogP contribution in [0.2, 0.25) is 0 Å². The monoisotopic (exact) mass is 360 g/mol. The fourth-order valence-corrected chi connectivity index (χ4v) is 3.15. The quantitative estimate of drug-likeness (QED) is 0.667. The van der Waals surface area contributed by atoms with Crippen molar-refractivity contribution >= 4 is 22.8 Å². The first-order valence-electron chi connectivity index (χ1n) is 8.90. The normalized spacial score (nSPS) is 16.5. The number of aliphatic carboxylic acids is 1. The van der Waals surface area contributed by atoms with Crippen LogP contribution in [0, 0.1) is 0 Å². The molecule has 7 nitrogen and oxygen atoms in total. The van der Waals surface area contributed by atoms with Crippen molar-refractivity contribution in [3.8, 4) is 0 Å². The molecule has 1 aliphatic rings. The second-order valence-electron chi connectivity index (χ2n) is 6.45. The topological polar surface area (TPSA) is 101 Å². The fraction of sp³-hybridized carbons (Fsp3) is 0.474. The Morgan fingerprint density at radius 3 is 2.85 bits per heavy atom. The Kier molecular flexibility index (Phi) is 6.25. The van der Waals surface area contributed by atoms with Crippen molar-refractivity contribution in [1.29, 1.82) is 0 Å². The van der Waals surface area contributed by atoms with E-state index < -0.39 is 12.0 Å². The lowest BCUT2D eigenvalue weighted by Gasteiger charge is -2.22. The SMILES string of the molecule is O=C(CCOC1CCOCC1)NC(Cc1c[nH]c2ccccc12)C(=O)O. The van der Waals surface area contributed by atoms with Gasteiger partial charge in [-0.2, -0.15) is 0 Å². The van der Waals surface area contributed by atoms with Crippen LogP contribution in [0.3, 0.4) is 0 Å². The molecule has 0 bridgehead atoms. The van der Waals surface area contributed by atoms with Gasteiger partial charge in [-0.05, 0) is 24.5 Å². The Morgan fingerprint density at radius 2 is 2.08 bits per heavy atom. The van der Waals surface area contributed by atoms with Gasteiger partial charge in [0.2, 0.25) is 5.91 Å². The first-order chi connectivity index (χ1) is 12.6. The number of carbonyl (C=O) groups is 2. The largest absolute Gasteiger partial charge is 0.480 e. The van der Waals surface area contributed by atoms with Gasteiger partial charge in [0.25, 0.3) is 0 Å². The molecular weight excluding hydrogens is 336 g/mol. The maximum Gasteiger partial charge on any atom is 0.326 e. The van der Waals surface area contributed by atoms with E-state index in [0.29, 0.717) is 13.2 Å². The Labute approximate surface area is 151 Å². The van der Waals surface area contributed by atoms with Gasteiger partial charge in [-0.25, -0.2) is 4.79 Å². The van der Waals surface area contributed by atoms with E-state index in [1.54, 1.807) is 6.20 Å². The predicted octanol–water partition coefficient (Wildman–Crippen LogP) is 1.87. The number of para-hydroxylation sites is 1. The van der Waals surface area contributed by atoms with Crippen molar-refractivity contribution in [1.82, 2.24) is 10.3 Å². The van der Waals surface area contributed by atoms with Gasteiger partial charge < -0.3 is 24.9 Å². The highest BCUT2D eigenvalue weighted by molar-refractivity contribution is 5.86. The highest BCUT2D eigenvalue weighted by Crippen LogP contribution is 2.19. The molecule has 1 amide bonds. The minimum atomic E-state index is -1.05. The highest BCUT2D eigenvalue weighted by Gasteiger charge is 2.22. The lowest BCUT2D eigenvalue weighted by Crippen LogP contribution is -2.42. The van der Waals surface area contributed by atoms with Gasteiger partial charge in [0.15, 0.2) is 0 Å². The number of fused-ring (bicyclic) bond motifs is 1. The molecule has 0 aliphatic carbocycles. The van der Waals surface area contributed by atoms with Crippen LogP contribution in [-0.2, 0) is 25.5 Å². The summed E-state index contributed by atoms with van der Waals surface area (Å²) in [5.74, 6) is -1.36. The molecule has 3 N–H and O–H groups in total. The van der Waals surface area contributed by atoms with Crippen LogP contribution in [0.5, 0.6) is 0 Å². The summed E-state index contributed by atoms with van der Waals surface area (Å²) in [5, 5.41) is 13.0. The van der Waals surface area contributed by atoms with Gasteiger partial charge in [0.05, 0.1) is 12.7 Å². The molecule has 1 aromatic carbocycles. The van der Waals surface area contributed by atoms with E-state index in [-0.39, 0.29) is 31.5 Å². The van der Waals surface area contributed by atoms with Crippen LogP contribution in [0.1, 0.15) is 24.8 Å². The minimum absolute atomic E-state index is 0.123. The number of ether oxygens (including phenoxy) is 2. The van der Waals surface area contributed by atoms with Crippen LogP contribution in [0.25, 0.3) is 10.9 Å². The maximum absolute atomic E-state index is 12.1. The molecule has 7 heteroatoms. The Bertz CT molecular complexity index is 751. The van der Waals surface area contributed by atoms with Gasteiger partial charge in [0.1, 0.15) is 6.04 Å². The lowest BCUT2D eigenvalue weighted by molar-refractivity contribution is -0.142. The Balaban J connectivity index is 1.51. The molecule has 3 rings (SSSR count). The number of H-pyrrole nitrogens is 1. The molecule has 1 fully saturated rings. The molecule has 1 atom stereocenters. The number of aromatic nitrogens is 1. The van der Waals surface area contributed by atoms with Gasteiger partial charge >= 0.3 is 5.97 Å². The number of carbonyl (C=O) groups excluding carboxylic acids is 1. The smallest absolute Gasteiger partial charge is 0.326 e. The zero-order valence-corrected chi connectivity index (χ0v) is 14.6. The Hall–Kier alpha value is -2.38. The molecule has 1 aromatic heterocycles. The van der Waals surface area contributed by atoms with Crippen molar-refractivity contribution in [2.45, 2.75) is 37.8 Å². The molecule has 1 unspecified atom stereocenters. The molecular formula is C19H24N2O5. The minimum Gasteiger partial charge on any atom is -0.480 e. The van der Waals surface area contributed by atoms with Gasteiger partial charge in [-0.15, -0.1) is 0 Å². The van der Waals surface area contributed by atoms with Crippen LogP contribution in [0.15, 0.2) is 30.5 Å². The number of hydrogen-bond acceptors (Lipinski definition) is 4. The molecule has 0 radical (unpaired) electrons. The zero-order valence-electron chi connectivity index (χ0n) is 14.6. The van der Waals surface area contributed by atoms with Crippen molar-refractivity contribution < 1.29 is 24.2 Å². The molecule has 2 aromatic rings. The number of benzene rings is 1. The molecule has 2 heterocycles. The summed E-state index contributed by atoms with van der Waals surface area (Å²) < 4.78 is 10.9. The lowest BCUT2D eigenvalue weighted by atomic mass is 10.0. The van der Waals surface area contributed by atoms with E-state index in [2.05, 4.69) is 10.3 Å². The molecule has 1 saturated heterocycles. The fourth-order valence-electron chi connectivity index (χ4n) is 3.15. The standard InChI is InChI=1S/C19H24N2O5/c22-18(7-10-26-14-5-8-25-9-6-14)21-17(19(23)24)11-13-12-20-16-4-2-1-3-15(13)16/h1-4,12,14,17,20H,5-11H2,(H,21,22)(H,23,24). The number of nitrogens with one attached hydrogen (secondary N) is 2. The number of hydrogen-bond donors (Lipinski definition) is 3. The van der Waals surface area contributed by atoms with E-state index in [9.17, 15) is 14.7 Å². The first-order valence-corrected chi connectivity index (χ1v) is 8.90. The van der Waals surface area contributed by atoms with Gasteiger partial charge in [-0.3, -0.25) is 4.79 Å². The van der Waals surface area contributed by atoms with Crippen LogP contribution in [-0.4, -0.2) is 53.9 Å². The molecule has 26 heavy (non-hydrogen) atoms. The third kappa shape index (κ3) is 4.83. The maximum atomic E-state index is 12.1. The summed E-state index contributed by atoms with van der Waals surface area (Å²) in [5.41, 5.74) is 1.81. The second kappa shape index (κ2) is 8.82. The summed E-state index contributed by atoms with van der Waals surface area (Å²) in [6.45, 7) is 1.65. The zero-order chi connectivity index (χ0) is 18.4. The number of rotatable bonds is 8. The summed E-state index contributed by atoms with van der Waals surface area (Å²) in [6.07, 6.45) is 3.96. The molecule has 1 aliphatic heterocycles. The second-order valence-corrected chi connectivity index (χ2v) is 6.45. The highest BCUT2D eigenvalue weighted by atomic mass is 16.5. The number of carboxylic acids is 1. The van der Waals surface area contributed by atoms with Crippen molar-refractivity contribution in [2.24, 2.45) is 0 Å². The van der Waals surface area contributed by atoms with Crippen LogP contribution >= 0.6 is 0 Å². The van der Waals surface area contributed by atoms with Gasteiger partial charge in [0, 0.05) is 43.2 Å². The van der Waals surface area contributed by atoms with Crippen LogP contribution in [0.4, 0.5) is 0 Å². The summed E-state index contributed by atoms with van der Waals surface area (Å²) in [6, 6.07) is 6.72.